The lowest BCUT2D eigenvalue weighted by Gasteiger charge is -2.14. The van der Waals surface area contributed by atoms with Gasteiger partial charge in [-0.1, -0.05) is 12.1 Å². The zero-order chi connectivity index (χ0) is 20.8. The predicted octanol–water partition coefficient (Wildman–Crippen LogP) is 3.70. The van der Waals surface area contributed by atoms with Crippen LogP contribution in [-0.2, 0) is 9.53 Å². The second-order valence-corrected chi connectivity index (χ2v) is 6.67. The van der Waals surface area contributed by atoms with Gasteiger partial charge in [0.05, 0.1) is 15.4 Å². The van der Waals surface area contributed by atoms with Crippen LogP contribution in [0.25, 0.3) is 0 Å². The summed E-state index contributed by atoms with van der Waals surface area (Å²) in [5.74, 6) is -1.59. The number of hydrogen-bond acceptors (Lipinski definition) is 7. The number of rotatable bonds is 7. The first-order valence-corrected chi connectivity index (χ1v) is 9.40. The Morgan fingerprint density at radius 3 is 2.46 bits per heavy atom. The first kappa shape index (κ1) is 21.1. The van der Waals surface area contributed by atoms with E-state index in [-0.39, 0.29) is 17.0 Å². The maximum absolute atomic E-state index is 12.3. The van der Waals surface area contributed by atoms with Gasteiger partial charge in [-0.15, -0.1) is 11.8 Å². The summed E-state index contributed by atoms with van der Waals surface area (Å²) in [5, 5.41) is 13.7. The van der Waals surface area contributed by atoms with E-state index in [4.69, 9.17) is 4.74 Å². The monoisotopic (exact) mass is 402 g/mol. The van der Waals surface area contributed by atoms with Crippen LogP contribution in [0.1, 0.15) is 34.6 Å². The smallest absolute Gasteiger partial charge is 0.339 e. The molecule has 0 spiro atoms. The van der Waals surface area contributed by atoms with Gasteiger partial charge in [0.2, 0.25) is 0 Å². The van der Waals surface area contributed by atoms with Gasteiger partial charge in [-0.2, -0.15) is 0 Å². The number of amides is 1. The molecule has 0 aliphatic rings. The molecule has 0 aliphatic heterocycles. The van der Waals surface area contributed by atoms with Crippen molar-refractivity contribution in [1.82, 2.24) is 0 Å². The summed E-state index contributed by atoms with van der Waals surface area (Å²) in [4.78, 5) is 46.9. The molecule has 0 fully saturated rings. The van der Waals surface area contributed by atoms with Gasteiger partial charge >= 0.3 is 5.97 Å². The van der Waals surface area contributed by atoms with Gasteiger partial charge in [-0.25, -0.2) is 4.79 Å². The van der Waals surface area contributed by atoms with E-state index >= 15 is 0 Å². The first-order chi connectivity index (χ1) is 13.2. The molecule has 0 unspecified atom stereocenters. The maximum atomic E-state index is 12.3. The standard InChI is InChI=1S/C19H18N2O6S/c1-11(22)13-5-4-6-15(9-13)20-18(23)12(2)27-19(24)14-7-8-17(28-3)16(10-14)21(25)26/h4-10,12H,1-3H3,(H,20,23)/t12-/m0/s1. The van der Waals surface area contributed by atoms with Crippen molar-refractivity contribution in [2.75, 3.05) is 11.6 Å². The highest BCUT2D eigenvalue weighted by Gasteiger charge is 2.22. The van der Waals surface area contributed by atoms with Crippen molar-refractivity contribution in [3.8, 4) is 0 Å². The number of nitro benzene ring substituents is 1. The Kier molecular flexibility index (Phi) is 6.89. The summed E-state index contributed by atoms with van der Waals surface area (Å²) in [6.45, 7) is 2.79. The van der Waals surface area contributed by atoms with E-state index in [0.29, 0.717) is 16.1 Å². The highest BCUT2D eigenvalue weighted by Crippen LogP contribution is 2.28. The van der Waals surface area contributed by atoms with Gasteiger partial charge in [0.15, 0.2) is 11.9 Å². The molecule has 0 radical (unpaired) electrons. The summed E-state index contributed by atoms with van der Waals surface area (Å²) in [5.41, 5.74) is 0.590. The van der Waals surface area contributed by atoms with Crippen LogP contribution >= 0.6 is 11.8 Å². The van der Waals surface area contributed by atoms with Crippen molar-refractivity contribution in [3.63, 3.8) is 0 Å². The number of nitrogens with zero attached hydrogens (tertiary/aromatic N) is 1. The van der Waals surface area contributed by atoms with E-state index < -0.39 is 22.9 Å². The molecule has 1 atom stereocenters. The Morgan fingerprint density at radius 2 is 1.86 bits per heavy atom. The van der Waals surface area contributed by atoms with E-state index in [9.17, 15) is 24.5 Å². The number of anilines is 1. The molecule has 2 aromatic carbocycles. The topological polar surface area (TPSA) is 116 Å². The molecule has 1 N–H and O–H groups in total. The second-order valence-electron chi connectivity index (χ2n) is 5.82. The quantitative estimate of drug-likeness (QED) is 0.247. The molecule has 0 aromatic heterocycles. The molecule has 1 amide bonds. The molecule has 2 aromatic rings. The third-order valence-electron chi connectivity index (χ3n) is 3.80. The van der Waals surface area contributed by atoms with Crippen LogP contribution < -0.4 is 5.32 Å². The third-order valence-corrected chi connectivity index (χ3v) is 4.59. The normalized spacial score (nSPS) is 11.4. The molecular weight excluding hydrogens is 384 g/mol. The van der Waals surface area contributed by atoms with Gasteiger partial charge < -0.3 is 10.1 Å². The van der Waals surface area contributed by atoms with Crippen molar-refractivity contribution in [2.24, 2.45) is 0 Å². The zero-order valence-corrected chi connectivity index (χ0v) is 16.2. The minimum atomic E-state index is -1.15. The highest BCUT2D eigenvalue weighted by molar-refractivity contribution is 7.98. The lowest BCUT2D eigenvalue weighted by atomic mass is 10.1. The number of carbonyl (C=O) groups excluding carboxylic acids is 3. The van der Waals surface area contributed by atoms with Gasteiger partial charge in [-0.3, -0.25) is 19.7 Å². The van der Waals surface area contributed by atoms with E-state index in [1.165, 1.54) is 43.8 Å². The molecule has 2 rings (SSSR count). The maximum Gasteiger partial charge on any atom is 0.339 e. The summed E-state index contributed by atoms with van der Waals surface area (Å²) >= 11 is 1.19. The average molecular weight is 402 g/mol. The Morgan fingerprint density at radius 1 is 1.14 bits per heavy atom. The number of esters is 1. The molecule has 146 valence electrons. The van der Waals surface area contributed by atoms with E-state index in [1.807, 2.05) is 0 Å². The fourth-order valence-corrected chi connectivity index (χ4v) is 2.85. The number of ketones is 1. The molecular formula is C19H18N2O6S. The highest BCUT2D eigenvalue weighted by atomic mass is 32.2. The Balaban J connectivity index is 2.08. The SMILES string of the molecule is CSc1ccc(C(=O)O[C@@H](C)C(=O)Nc2cccc(C(C)=O)c2)cc1[N+](=O)[O-]. The van der Waals surface area contributed by atoms with Crippen LogP contribution in [0.3, 0.4) is 0 Å². The Bertz CT molecular complexity index is 944. The summed E-state index contributed by atoms with van der Waals surface area (Å²) in [7, 11) is 0. The van der Waals surface area contributed by atoms with Crippen LogP contribution in [0.2, 0.25) is 0 Å². The van der Waals surface area contributed by atoms with E-state index in [0.717, 1.165) is 6.07 Å². The summed E-state index contributed by atoms with van der Waals surface area (Å²) < 4.78 is 5.11. The van der Waals surface area contributed by atoms with Crippen LogP contribution in [0, 0.1) is 10.1 Å². The van der Waals surface area contributed by atoms with Gasteiger partial charge in [0, 0.05) is 17.3 Å². The van der Waals surface area contributed by atoms with Crippen molar-refractivity contribution < 1.29 is 24.0 Å². The van der Waals surface area contributed by atoms with Crippen LogP contribution in [0.4, 0.5) is 11.4 Å². The lowest BCUT2D eigenvalue weighted by Crippen LogP contribution is -2.30. The van der Waals surface area contributed by atoms with Gasteiger partial charge in [0.1, 0.15) is 0 Å². The van der Waals surface area contributed by atoms with Crippen molar-refractivity contribution >= 4 is 40.8 Å². The minimum Gasteiger partial charge on any atom is -0.449 e. The fourth-order valence-electron chi connectivity index (χ4n) is 2.30. The number of Topliss-reactive ketones (excluding diaryl/α,β-unsaturated/α-hetero) is 1. The Labute approximate surface area is 165 Å². The number of thioether (sulfide) groups is 1. The van der Waals surface area contributed by atoms with E-state index in [1.54, 1.807) is 24.5 Å². The molecule has 0 heterocycles. The number of ether oxygens (including phenoxy) is 1. The second kappa shape index (κ2) is 9.14. The molecule has 9 heteroatoms. The largest absolute Gasteiger partial charge is 0.449 e. The summed E-state index contributed by atoms with van der Waals surface area (Å²) in [6, 6.07) is 10.3. The molecule has 0 aliphatic carbocycles. The van der Waals surface area contributed by atoms with Gasteiger partial charge in [-0.05, 0) is 44.4 Å². The molecule has 0 saturated carbocycles. The average Bonchev–Trinajstić information content (AvgIpc) is 2.67. The lowest BCUT2D eigenvalue weighted by molar-refractivity contribution is -0.387. The zero-order valence-electron chi connectivity index (χ0n) is 15.4. The van der Waals surface area contributed by atoms with Crippen molar-refractivity contribution in [1.29, 1.82) is 0 Å². The predicted molar refractivity (Wildman–Crippen MR) is 105 cm³/mol. The minimum absolute atomic E-state index is 0.0253. The fraction of sp³-hybridized carbons (Fsp3) is 0.211. The van der Waals surface area contributed by atoms with E-state index in [2.05, 4.69) is 5.32 Å². The van der Waals surface area contributed by atoms with Crippen molar-refractivity contribution in [2.45, 2.75) is 24.8 Å². The summed E-state index contributed by atoms with van der Waals surface area (Å²) in [6.07, 6.45) is 0.543. The number of nitrogens with one attached hydrogen (secondary N) is 1. The van der Waals surface area contributed by atoms with Crippen LogP contribution in [0.5, 0.6) is 0 Å². The first-order valence-electron chi connectivity index (χ1n) is 8.18. The van der Waals surface area contributed by atoms with Crippen LogP contribution in [-0.4, -0.2) is 34.9 Å². The van der Waals surface area contributed by atoms with Crippen LogP contribution in [0.15, 0.2) is 47.4 Å². The number of benzene rings is 2. The molecule has 0 bridgehead atoms. The number of nitro groups is 1. The third kappa shape index (κ3) is 5.17. The molecule has 28 heavy (non-hydrogen) atoms. The molecule has 8 nitrogen and oxygen atoms in total. The van der Waals surface area contributed by atoms with Gasteiger partial charge in [0.25, 0.3) is 11.6 Å². The number of hydrogen-bond donors (Lipinski definition) is 1. The number of carbonyl (C=O) groups is 3. The molecule has 0 saturated heterocycles. The van der Waals surface area contributed by atoms with Crippen molar-refractivity contribution in [3.05, 3.63) is 63.7 Å². The Hall–Kier alpha value is -3.20.